The molecule has 0 atom stereocenters. The molecule has 2 N–H and O–H groups in total. The van der Waals surface area contributed by atoms with Gasteiger partial charge in [-0.1, -0.05) is 6.58 Å². The molecule has 0 aliphatic carbocycles. The van der Waals surface area contributed by atoms with Crippen LogP contribution < -0.4 is 10.1 Å². The van der Waals surface area contributed by atoms with Crippen LogP contribution in [0.5, 0.6) is 11.5 Å². The Kier molecular flexibility index (Phi) is 5.96. The summed E-state index contributed by atoms with van der Waals surface area (Å²) < 4.78 is 10.1. The summed E-state index contributed by atoms with van der Waals surface area (Å²) in [6.07, 6.45) is 2.34. The SMILES string of the molecule is C=COCCCNCc1cc(OC)ccc1O. The van der Waals surface area contributed by atoms with Crippen LogP contribution in [-0.4, -0.2) is 25.4 Å². The Bertz CT molecular complexity index is 353. The number of rotatable bonds is 8. The fourth-order valence-corrected chi connectivity index (χ4v) is 1.42. The maximum atomic E-state index is 9.64. The van der Waals surface area contributed by atoms with E-state index in [1.807, 2.05) is 6.07 Å². The molecule has 0 saturated heterocycles. The van der Waals surface area contributed by atoms with Crippen molar-refractivity contribution in [3.8, 4) is 11.5 Å². The van der Waals surface area contributed by atoms with Crippen LogP contribution in [0.3, 0.4) is 0 Å². The molecule has 0 fully saturated rings. The summed E-state index contributed by atoms with van der Waals surface area (Å²) in [5, 5.41) is 12.9. The molecule has 0 aromatic heterocycles. The van der Waals surface area contributed by atoms with Crippen molar-refractivity contribution < 1.29 is 14.6 Å². The van der Waals surface area contributed by atoms with E-state index in [1.165, 1.54) is 6.26 Å². The number of ether oxygens (including phenoxy) is 2. The Balaban J connectivity index is 2.32. The summed E-state index contributed by atoms with van der Waals surface area (Å²) in [5.74, 6) is 1.02. The first-order valence-electron chi connectivity index (χ1n) is 5.57. The number of nitrogens with one attached hydrogen (secondary N) is 1. The van der Waals surface area contributed by atoms with Gasteiger partial charge in [-0.15, -0.1) is 0 Å². The lowest BCUT2D eigenvalue weighted by molar-refractivity contribution is 0.244. The Morgan fingerprint density at radius 3 is 3.00 bits per heavy atom. The zero-order chi connectivity index (χ0) is 12.5. The highest BCUT2D eigenvalue weighted by Gasteiger charge is 2.02. The second-order valence-corrected chi connectivity index (χ2v) is 3.56. The van der Waals surface area contributed by atoms with Crippen molar-refractivity contribution in [1.82, 2.24) is 5.32 Å². The van der Waals surface area contributed by atoms with Gasteiger partial charge in [-0.2, -0.15) is 0 Å². The van der Waals surface area contributed by atoms with Gasteiger partial charge in [0.05, 0.1) is 20.0 Å². The first kappa shape index (κ1) is 13.4. The van der Waals surface area contributed by atoms with Crippen molar-refractivity contribution in [2.24, 2.45) is 0 Å². The molecule has 0 unspecified atom stereocenters. The number of benzene rings is 1. The maximum Gasteiger partial charge on any atom is 0.120 e. The Morgan fingerprint density at radius 2 is 2.29 bits per heavy atom. The van der Waals surface area contributed by atoms with Gasteiger partial charge >= 0.3 is 0 Å². The van der Waals surface area contributed by atoms with Crippen LogP contribution in [0.25, 0.3) is 0 Å². The highest BCUT2D eigenvalue weighted by atomic mass is 16.5. The molecular formula is C13H19NO3. The van der Waals surface area contributed by atoms with E-state index in [1.54, 1.807) is 19.2 Å². The average Bonchev–Trinajstić information content (AvgIpc) is 2.35. The minimum absolute atomic E-state index is 0.278. The van der Waals surface area contributed by atoms with Gasteiger partial charge in [0.1, 0.15) is 11.5 Å². The number of phenols is 1. The van der Waals surface area contributed by atoms with E-state index in [4.69, 9.17) is 9.47 Å². The Morgan fingerprint density at radius 1 is 1.47 bits per heavy atom. The van der Waals surface area contributed by atoms with E-state index in [0.717, 1.165) is 24.3 Å². The molecule has 4 heteroatoms. The standard InChI is InChI=1S/C13H19NO3/c1-3-17-8-4-7-14-10-11-9-12(16-2)5-6-13(11)15/h3,5-6,9,14-15H,1,4,7-8,10H2,2H3. The summed E-state index contributed by atoms with van der Waals surface area (Å²) in [7, 11) is 1.61. The summed E-state index contributed by atoms with van der Waals surface area (Å²) in [4.78, 5) is 0. The van der Waals surface area contributed by atoms with Gasteiger partial charge in [-0.25, -0.2) is 0 Å². The molecule has 0 radical (unpaired) electrons. The highest BCUT2D eigenvalue weighted by molar-refractivity contribution is 5.39. The lowest BCUT2D eigenvalue weighted by Gasteiger charge is -2.08. The van der Waals surface area contributed by atoms with Crippen LogP contribution in [0.2, 0.25) is 0 Å². The van der Waals surface area contributed by atoms with Crippen molar-refractivity contribution >= 4 is 0 Å². The molecule has 0 saturated carbocycles. The molecular weight excluding hydrogens is 218 g/mol. The number of hydrogen-bond acceptors (Lipinski definition) is 4. The normalized spacial score (nSPS) is 9.94. The first-order valence-corrected chi connectivity index (χ1v) is 5.57. The van der Waals surface area contributed by atoms with Crippen LogP contribution in [0.1, 0.15) is 12.0 Å². The lowest BCUT2D eigenvalue weighted by Crippen LogP contribution is -2.16. The maximum absolute atomic E-state index is 9.64. The van der Waals surface area contributed by atoms with Crippen LogP contribution in [0, 0.1) is 0 Å². The van der Waals surface area contributed by atoms with E-state index >= 15 is 0 Å². The van der Waals surface area contributed by atoms with Crippen LogP contribution >= 0.6 is 0 Å². The third kappa shape index (κ3) is 4.78. The number of methoxy groups -OCH3 is 1. The molecule has 0 spiro atoms. The van der Waals surface area contributed by atoms with Gasteiger partial charge < -0.3 is 19.9 Å². The predicted molar refractivity (Wildman–Crippen MR) is 67.1 cm³/mol. The van der Waals surface area contributed by atoms with Crippen LogP contribution in [-0.2, 0) is 11.3 Å². The largest absolute Gasteiger partial charge is 0.508 e. The summed E-state index contributed by atoms with van der Waals surface area (Å²) in [6, 6.07) is 5.19. The minimum atomic E-state index is 0.278. The van der Waals surface area contributed by atoms with Crippen molar-refractivity contribution in [3.05, 3.63) is 36.6 Å². The monoisotopic (exact) mass is 237 g/mol. The van der Waals surface area contributed by atoms with Gasteiger partial charge in [0, 0.05) is 12.1 Å². The summed E-state index contributed by atoms with van der Waals surface area (Å²) >= 11 is 0. The van der Waals surface area contributed by atoms with Crippen molar-refractivity contribution in [2.45, 2.75) is 13.0 Å². The molecule has 0 amide bonds. The molecule has 94 valence electrons. The van der Waals surface area contributed by atoms with Crippen LogP contribution in [0.4, 0.5) is 0 Å². The number of aromatic hydroxyl groups is 1. The molecule has 17 heavy (non-hydrogen) atoms. The van der Waals surface area contributed by atoms with Crippen molar-refractivity contribution in [3.63, 3.8) is 0 Å². The molecule has 0 heterocycles. The molecule has 0 bridgehead atoms. The third-order valence-electron chi connectivity index (χ3n) is 2.34. The minimum Gasteiger partial charge on any atom is -0.508 e. The topological polar surface area (TPSA) is 50.7 Å². The van der Waals surface area contributed by atoms with Crippen molar-refractivity contribution in [2.75, 3.05) is 20.3 Å². The van der Waals surface area contributed by atoms with E-state index in [0.29, 0.717) is 13.2 Å². The van der Waals surface area contributed by atoms with Gasteiger partial charge in [0.2, 0.25) is 0 Å². The van der Waals surface area contributed by atoms with Crippen LogP contribution in [0.15, 0.2) is 31.0 Å². The van der Waals surface area contributed by atoms with E-state index in [-0.39, 0.29) is 5.75 Å². The van der Waals surface area contributed by atoms with E-state index < -0.39 is 0 Å². The zero-order valence-electron chi connectivity index (χ0n) is 10.1. The summed E-state index contributed by atoms with van der Waals surface area (Å²) in [6.45, 7) is 5.55. The highest BCUT2D eigenvalue weighted by Crippen LogP contribution is 2.22. The van der Waals surface area contributed by atoms with Gasteiger partial charge in [-0.3, -0.25) is 0 Å². The van der Waals surface area contributed by atoms with Gasteiger partial charge in [0.15, 0.2) is 0 Å². The second-order valence-electron chi connectivity index (χ2n) is 3.56. The second kappa shape index (κ2) is 7.57. The third-order valence-corrected chi connectivity index (χ3v) is 2.34. The molecule has 1 aromatic carbocycles. The zero-order valence-corrected chi connectivity index (χ0v) is 10.1. The van der Waals surface area contributed by atoms with Gasteiger partial charge in [-0.05, 0) is 31.2 Å². The fourth-order valence-electron chi connectivity index (χ4n) is 1.42. The summed E-state index contributed by atoms with van der Waals surface area (Å²) in [5.41, 5.74) is 0.828. The quantitative estimate of drug-likeness (QED) is 0.536. The average molecular weight is 237 g/mol. The molecule has 0 aliphatic heterocycles. The van der Waals surface area contributed by atoms with E-state index in [9.17, 15) is 5.11 Å². The predicted octanol–water partition coefficient (Wildman–Crippen LogP) is 2.04. The Hall–Kier alpha value is -1.68. The van der Waals surface area contributed by atoms with Gasteiger partial charge in [0.25, 0.3) is 0 Å². The Labute approximate surface area is 102 Å². The number of hydrogen-bond donors (Lipinski definition) is 2. The van der Waals surface area contributed by atoms with E-state index in [2.05, 4.69) is 11.9 Å². The number of phenolic OH excluding ortho intramolecular Hbond substituents is 1. The molecule has 1 aromatic rings. The molecule has 4 nitrogen and oxygen atoms in total. The smallest absolute Gasteiger partial charge is 0.120 e. The first-order chi connectivity index (χ1) is 8.27. The molecule has 1 rings (SSSR count). The lowest BCUT2D eigenvalue weighted by atomic mass is 10.2. The fraction of sp³-hybridized carbons (Fsp3) is 0.385. The van der Waals surface area contributed by atoms with Crippen molar-refractivity contribution in [1.29, 1.82) is 0 Å². The molecule has 0 aliphatic rings.